The Hall–Kier alpha value is -4.33. The molecule has 0 saturated heterocycles. The molecule has 2 aliphatic heterocycles. The molecule has 6 rings (SSSR count). The Labute approximate surface area is 189 Å². The maximum absolute atomic E-state index is 5.65. The zero-order valence-electron chi connectivity index (χ0n) is 18.0. The van der Waals surface area contributed by atoms with E-state index in [4.69, 9.17) is 33.4 Å². The number of H-pyrrole nitrogens is 1. The second kappa shape index (κ2) is 7.67. The summed E-state index contributed by atoms with van der Waals surface area (Å²) in [6.45, 7) is 0.420. The zero-order chi connectivity index (χ0) is 22.4. The molecule has 8 nitrogen and oxygen atoms in total. The first-order valence-corrected chi connectivity index (χ1v) is 10.4. The number of nitrogens with one attached hydrogen (secondary N) is 1. The summed E-state index contributed by atoms with van der Waals surface area (Å²) in [5.74, 6) is 4.69. The minimum atomic E-state index is 0.209. The number of imidazole rings is 1. The molecule has 8 heteroatoms. The third kappa shape index (κ3) is 3.18. The van der Waals surface area contributed by atoms with E-state index in [0.717, 1.165) is 33.8 Å². The van der Waals surface area contributed by atoms with Crippen LogP contribution < -0.4 is 28.4 Å². The molecule has 0 amide bonds. The summed E-state index contributed by atoms with van der Waals surface area (Å²) < 4.78 is 33.3. The largest absolute Gasteiger partial charge is 0.493 e. The molecule has 0 saturated carbocycles. The molecule has 0 unspecified atom stereocenters. The van der Waals surface area contributed by atoms with E-state index in [1.165, 1.54) is 0 Å². The summed E-state index contributed by atoms with van der Waals surface area (Å²) in [7, 11) is 3.22. The van der Waals surface area contributed by atoms with E-state index < -0.39 is 0 Å². The van der Waals surface area contributed by atoms with Gasteiger partial charge in [-0.1, -0.05) is 6.07 Å². The summed E-state index contributed by atoms with van der Waals surface area (Å²) in [4.78, 5) is 8.45. The van der Waals surface area contributed by atoms with Crippen molar-refractivity contribution in [2.24, 2.45) is 0 Å². The van der Waals surface area contributed by atoms with Crippen LogP contribution in [0.15, 0.2) is 54.6 Å². The van der Waals surface area contributed by atoms with Gasteiger partial charge in [0.2, 0.25) is 13.6 Å². The van der Waals surface area contributed by atoms with Gasteiger partial charge in [0.25, 0.3) is 0 Å². The molecule has 166 valence electrons. The Balaban J connectivity index is 1.55. The minimum absolute atomic E-state index is 0.209. The highest BCUT2D eigenvalue weighted by Crippen LogP contribution is 2.43. The van der Waals surface area contributed by atoms with E-state index in [1.54, 1.807) is 14.2 Å². The molecule has 0 fully saturated rings. The fourth-order valence-electron chi connectivity index (χ4n) is 4.09. The van der Waals surface area contributed by atoms with E-state index >= 15 is 0 Å². The third-order valence-corrected chi connectivity index (χ3v) is 5.67. The van der Waals surface area contributed by atoms with Crippen LogP contribution in [0.5, 0.6) is 34.5 Å². The van der Waals surface area contributed by atoms with Gasteiger partial charge in [-0.3, -0.25) is 0 Å². The first-order valence-electron chi connectivity index (χ1n) is 10.4. The lowest BCUT2D eigenvalue weighted by molar-refractivity contribution is 0.173. The SMILES string of the molecule is COc1cccc(-c2nc(-c3ccc4c(c3)OCO4)c(-c3ccc4c(c3)OCO4)[nH]2)c1OC. The number of methoxy groups -OCH3 is 2. The number of benzene rings is 3. The number of aromatic nitrogens is 2. The number of hydrogen-bond donors (Lipinski definition) is 1. The number of fused-ring (bicyclic) bond motifs is 2. The van der Waals surface area contributed by atoms with Gasteiger partial charge in [-0.15, -0.1) is 0 Å². The first-order chi connectivity index (χ1) is 16.2. The summed E-state index contributed by atoms with van der Waals surface area (Å²) >= 11 is 0. The molecule has 0 spiro atoms. The molecule has 33 heavy (non-hydrogen) atoms. The fourth-order valence-corrected chi connectivity index (χ4v) is 4.09. The first kappa shape index (κ1) is 19.4. The molecular weight excluding hydrogens is 424 g/mol. The number of nitrogens with zero attached hydrogens (tertiary/aromatic N) is 1. The van der Waals surface area contributed by atoms with Crippen molar-refractivity contribution < 1.29 is 28.4 Å². The number of hydrogen-bond acceptors (Lipinski definition) is 7. The number of rotatable bonds is 5. The third-order valence-electron chi connectivity index (χ3n) is 5.67. The Bertz CT molecular complexity index is 1290. The van der Waals surface area contributed by atoms with E-state index in [-0.39, 0.29) is 13.6 Å². The lowest BCUT2D eigenvalue weighted by Crippen LogP contribution is -1.94. The van der Waals surface area contributed by atoms with Crippen molar-refractivity contribution in [1.29, 1.82) is 0 Å². The van der Waals surface area contributed by atoms with Crippen molar-refractivity contribution in [3.8, 4) is 68.4 Å². The predicted molar refractivity (Wildman–Crippen MR) is 120 cm³/mol. The number of para-hydroxylation sites is 1. The lowest BCUT2D eigenvalue weighted by atomic mass is 10.0. The van der Waals surface area contributed by atoms with E-state index in [9.17, 15) is 0 Å². The van der Waals surface area contributed by atoms with Crippen molar-refractivity contribution >= 4 is 0 Å². The topological polar surface area (TPSA) is 84.1 Å². The molecule has 4 aromatic rings. The average molecular weight is 444 g/mol. The normalized spacial score (nSPS) is 13.3. The number of ether oxygens (including phenoxy) is 6. The average Bonchev–Trinajstić information content (AvgIpc) is 3.61. The molecule has 2 aliphatic rings. The smallest absolute Gasteiger partial charge is 0.231 e. The quantitative estimate of drug-likeness (QED) is 0.469. The van der Waals surface area contributed by atoms with E-state index in [0.29, 0.717) is 34.6 Å². The van der Waals surface area contributed by atoms with Gasteiger partial charge in [-0.05, 0) is 48.5 Å². The van der Waals surface area contributed by atoms with Crippen molar-refractivity contribution in [1.82, 2.24) is 9.97 Å². The van der Waals surface area contributed by atoms with Gasteiger partial charge in [-0.2, -0.15) is 0 Å². The second-order valence-corrected chi connectivity index (χ2v) is 7.49. The zero-order valence-corrected chi connectivity index (χ0v) is 18.0. The molecule has 1 aromatic heterocycles. The van der Waals surface area contributed by atoms with E-state index in [2.05, 4.69) is 4.98 Å². The highest BCUT2D eigenvalue weighted by molar-refractivity contribution is 5.84. The van der Waals surface area contributed by atoms with Crippen LogP contribution in [0.2, 0.25) is 0 Å². The van der Waals surface area contributed by atoms with Crippen LogP contribution in [0.4, 0.5) is 0 Å². The highest BCUT2D eigenvalue weighted by Gasteiger charge is 2.23. The molecular formula is C25H20N2O6. The monoisotopic (exact) mass is 444 g/mol. The van der Waals surface area contributed by atoms with Gasteiger partial charge in [0.15, 0.2) is 34.5 Å². The lowest BCUT2D eigenvalue weighted by Gasteiger charge is -2.10. The van der Waals surface area contributed by atoms with Crippen LogP contribution in [0, 0.1) is 0 Å². The molecule has 0 radical (unpaired) electrons. The number of aromatic amines is 1. The second-order valence-electron chi connectivity index (χ2n) is 7.49. The maximum Gasteiger partial charge on any atom is 0.231 e. The fraction of sp³-hybridized carbons (Fsp3) is 0.160. The van der Waals surface area contributed by atoms with E-state index in [1.807, 2.05) is 54.6 Å². The minimum Gasteiger partial charge on any atom is -0.493 e. The van der Waals surface area contributed by atoms with Gasteiger partial charge < -0.3 is 33.4 Å². The van der Waals surface area contributed by atoms with Crippen molar-refractivity contribution in [2.75, 3.05) is 27.8 Å². The Kier molecular flexibility index (Phi) is 4.50. The van der Waals surface area contributed by atoms with Gasteiger partial charge in [0.1, 0.15) is 5.82 Å². The summed E-state index contributed by atoms with van der Waals surface area (Å²) in [5.41, 5.74) is 4.16. The maximum atomic E-state index is 5.65. The molecule has 3 heterocycles. The molecule has 0 aliphatic carbocycles. The van der Waals surface area contributed by atoms with Gasteiger partial charge in [0, 0.05) is 11.1 Å². The molecule has 0 atom stereocenters. The van der Waals surface area contributed by atoms with Gasteiger partial charge >= 0.3 is 0 Å². The van der Waals surface area contributed by atoms with Crippen LogP contribution in [0.3, 0.4) is 0 Å². The standard InChI is InChI=1S/C25H20N2O6/c1-28-19-5-3-4-16(24(19)29-2)25-26-22(14-6-8-17-20(10-14)32-12-30-17)23(27-25)15-7-9-18-21(11-15)33-13-31-18/h3-11H,12-13H2,1-2H3,(H,26,27). The van der Waals surface area contributed by atoms with Crippen molar-refractivity contribution in [3.05, 3.63) is 54.6 Å². The Morgan fingerprint density at radius 2 is 1.42 bits per heavy atom. The Morgan fingerprint density at radius 1 is 0.758 bits per heavy atom. The van der Waals surface area contributed by atoms with Crippen LogP contribution in [0.1, 0.15) is 0 Å². The van der Waals surface area contributed by atoms with Crippen LogP contribution in [-0.4, -0.2) is 37.8 Å². The summed E-state index contributed by atoms with van der Waals surface area (Å²) in [6, 6.07) is 17.3. The van der Waals surface area contributed by atoms with Crippen LogP contribution in [0.25, 0.3) is 33.9 Å². The summed E-state index contributed by atoms with van der Waals surface area (Å²) in [5, 5.41) is 0. The van der Waals surface area contributed by atoms with Crippen LogP contribution >= 0.6 is 0 Å². The van der Waals surface area contributed by atoms with Crippen molar-refractivity contribution in [2.45, 2.75) is 0 Å². The summed E-state index contributed by atoms with van der Waals surface area (Å²) in [6.07, 6.45) is 0. The predicted octanol–water partition coefficient (Wildman–Crippen LogP) is 4.89. The highest BCUT2D eigenvalue weighted by atomic mass is 16.7. The van der Waals surface area contributed by atoms with Gasteiger partial charge in [0.05, 0.1) is 31.2 Å². The Morgan fingerprint density at radius 3 is 2.12 bits per heavy atom. The molecule has 1 N–H and O–H groups in total. The molecule has 0 bridgehead atoms. The van der Waals surface area contributed by atoms with Gasteiger partial charge in [-0.25, -0.2) is 4.98 Å². The van der Waals surface area contributed by atoms with Crippen LogP contribution in [-0.2, 0) is 0 Å². The molecule has 3 aromatic carbocycles. The van der Waals surface area contributed by atoms with Crippen molar-refractivity contribution in [3.63, 3.8) is 0 Å².